The van der Waals surface area contributed by atoms with Crippen molar-refractivity contribution in [3.63, 3.8) is 0 Å². The molecule has 0 spiro atoms. The Bertz CT molecular complexity index is 179. The summed E-state index contributed by atoms with van der Waals surface area (Å²) in [5.74, 6) is 5.95. The normalized spacial score (nSPS) is 25.8. The minimum atomic E-state index is 0.466. The van der Waals surface area contributed by atoms with Crippen LogP contribution in [0.4, 0.5) is 0 Å². The molecule has 5 heteroatoms. The molecule has 5 nitrogen and oxygen atoms in total. The molecule has 0 radical (unpaired) electrons. The first-order valence-corrected chi connectivity index (χ1v) is 4.64. The number of rotatable bonds is 1. The quantitative estimate of drug-likeness (QED) is 0.215. The van der Waals surface area contributed by atoms with Crippen molar-refractivity contribution in [1.82, 2.24) is 15.6 Å². The van der Waals surface area contributed by atoms with Gasteiger partial charge >= 0.3 is 0 Å². The van der Waals surface area contributed by atoms with Crippen LogP contribution in [0.5, 0.6) is 0 Å². The summed E-state index contributed by atoms with van der Waals surface area (Å²) in [5.41, 5.74) is 2.53. The van der Waals surface area contributed by atoms with Crippen LogP contribution in [0, 0.1) is 0 Å². The molecule has 1 unspecified atom stereocenters. The van der Waals surface area contributed by atoms with Gasteiger partial charge in [-0.2, -0.15) is 0 Å². The molecule has 13 heavy (non-hydrogen) atoms. The van der Waals surface area contributed by atoms with Crippen molar-refractivity contribution in [2.75, 3.05) is 27.2 Å². The molecule has 0 aromatic carbocycles. The van der Waals surface area contributed by atoms with Gasteiger partial charge in [-0.1, -0.05) is 0 Å². The van der Waals surface area contributed by atoms with E-state index in [1.807, 2.05) is 0 Å². The van der Waals surface area contributed by atoms with E-state index in [2.05, 4.69) is 27.7 Å². The molecule has 1 aliphatic rings. The molecule has 76 valence electrons. The Morgan fingerprint density at radius 1 is 1.62 bits per heavy atom. The maximum atomic E-state index is 5.28. The number of likely N-dealkylation sites (N-methyl/N-ethyl adjacent to an activating group) is 1. The van der Waals surface area contributed by atoms with Crippen molar-refractivity contribution in [1.29, 1.82) is 0 Å². The van der Waals surface area contributed by atoms with E-state index in [9.17, 15) is 0 Å². The summed E-state index contributed by atoms with van der Waals surface area (Å²) in [4.78, 5) is 6.29. The summed E-state index contributed by atoms with van der Waals surface area (Å²) in [7, 11) is 3.85. The molecule has 1 saturated heterocycles. The molecule has 0 amide bonds. The Labute approximate surface area is 79.4 Å². The summed E-state index contributed by atoms with van der Waals surface area (Å²) in [6, 6.07) is 0.466. The molecule has 1 heterocycles. The van der Waals surface area contributed by atoms with Gasteiger partial charge in [0.05, 0.1) is 0 Å². The molecular formula is C8H19N5. The fraction of sp³-hybridized carbons (Fsp3) is 0.875. The smallest absolute Gasteiger partial charge is 0.205 e. The second kappa shape index (κ2) is 5.04. The van der Waals surface area contributed by atoms with Crippen LogP contribution in [0.3, 0.4) is 0 Å². The molecule has 1 rings (SSSR count). The van der Waals surface area contributed by atoms with Gasteiger partial charge in [0.25, 0.3) is 0 Å². The minimum Gasteiger partial charge on any atom is -0.351 e. The second-order valence-corrected chi connectivity index (χ2v) is 3.46. The molecule has 0 aromatic rings. The van der Waals surface area contributed by atoms with Gasteiger partial charge in [0, 0.05) is 19.6 Å². The predicted octanol–water partition coefficient (Wildman–Crippen LogP) is -0.881. The first-order valence-electron chi connectivity index (χ1n) is 4.64. The SMILES string of the molecule is CN=C(NN)NC1CCCN(C)C1. The molecule has 4 N–H and O–H groups in total. The fourth-order valence-corrected chi connectivity index (χ4v) is 1.65. The van der Waals surface area contributed by atoms with Crippen LogP contribution < -0.4 is 16.6 Å². The minimum absolute atomic E-state index is 0.466. The molecular weight excluding hydrogens is 166 g/mol. The van der Waals surface area contributed by atoms with Crippen LogP contribution in [0.25, 0.3) is 0 Å². The van der Waals surface area contributed by atoms with Gasteiger partial charge in [0.1, 0.15) is 0 Å². The maximum absolute atomic E-state index is 5.28. The number of hydrogen-bond donors (Lipinski definition) is 3. The lowest BCUT2D eigenvalue weighted by molar-refractivity contribution is 0.240. The van der Waals surface area contributed by atoms with Crippen molar-refractivity contribution in [2.45, 2.75) is 18.9 Å². The van der Waals surface area contributed by atoms with Crippen molar-refractivity contribution in [3.8, 4) is 0 Å². The maximum Gasteiger partial charge on any atom is 0.205 e. The van der Waals surface area contributed by atoms with Crippen molar-refractivity contribution in [3.05, 3.63) is 0 Å². The summed E-state index contributed by atoms with van der Waals surface area (Å²) in [6.07, 6.45) is 2.42. The van der Waals surface area contributed by atoms with E-state index < -0.39 is 0 Å². The topological polar surface area (TPSA) is 65.7 Å². The van der Waals surface area contributed by atoms with Crippen LogP contribution in [-0.4, -0.2) is 44.1 Å². The third-order valence-corrected chi connectivity index (χ3v) is 2.33. The van der Waals surface area contributed by atoms with Crippen LogP contribution >= 0.6 is 0 Å². The largest absolute Gasteiger partial charge is 0.351 e. The number of nitrogens with one attached hydrogen (secondary N) is 2. The van der Waals surface area contributed by atoms with E-state index in [1.165, 1.54) is 19.4 Å². The molecule has 0 saturated carbocycles. The molecule has 1 aliphatic heterocycles. The average molecular weight is 185 g/mol. The van der Waals surface area contributed by atoms with Crippen molar-refractivity contribution < 1.29 is 0 Å². The number of nitrogens with zero attached hydrogens (tertiary/aromatic N) is 2. The molecule has 0 aliphatic carbocycles. The van der Waals surface area contributed by atoms with Crippen molar-refractivity contribution in [2.24, 2.45) is 10.8 Å². The Morgan fingerprint density at radius 3 is 2.92 bits per heavy atom. The molecule has 0 bridgehead atoms. The Balaban J connectivity index is 2.35. The summed E-state index contributed by atoms with van der Waals surface area (Å²) >= 11 is 0. The molecule has 0 aromatic heterocycles. The van der Waals surface area contributed by atoms with Gasteiger partial charge in [-0.05, 0) is 26.4 Å². The third-order valence-electron chi connectivity index (χ3n) is 2.33. The van der Waals surface area contributed by atoms with E-state index >= 15 is 0 Å². The van der Waals surface area contributed by atoms with E-state index in [0.717, 1.165) is 6.54 Å². The Morgan fingerprint density at radius 2 is 2.38 bits per heavy atom. The number of guanidine groups is 1. The summed E-state index contributed by atoms with van der Waals surface area (Å²) < 4.78 is 0. The van der Waals surface area contributed by atoms with E-state index in [1.54, 1.807) is 7.05 Å². The van der Waals surface area contributed by atoms with E-state index in [-0.39, 0.29) is 0 Å². The second-order valence-electron chi connectivity index (χ2n) is 3.46. The Hall–Kier alpha value is -0.810. The highest BCUT2D eigenvalue weighted by atomic mass is 15.3. The number of hydrazine groups is 1. The van der Waals surface area contributed by atoms with Gasteiger partial charge < -0.3 is 10.2 Å². The van der Waals surface area contributed by atoms with E-state index in [0.29, 0.717) is 12.0 Å². The first kappa shape index (κ1) is 10.3. The van der Waals surface area contributed by atoms with Gasteiger partial charge in [-0.25, -0.2) is 5.84 Å². The predicted molar refractivity (Wildman–Crippen MR) is 54.3 cm³/mol. The summed E-state index contributed by atoms with van der Waals surface area (Å²) in [6.45, 7) is 2.24. The van der Waals surface area contributed by atoms with Crippen molar-refractivity contribution >= 4 is 5.96 Å². The third kappa shape index (κ3) is 3.20. The lowest BCUT2D eigenvalue weighted by atomic mass is 10.1. The number of likely N-dealkylation sites (tertiary alicyclic amines) is 1. The number of aliphatic imine (C=N–C) groups is 1. The van der Waals surface area contributed by atoms with Crippen LogP contribution in [0.2, 0.25) is 0 Å². The lowest BCUT2D eigenvalue weighted by Crippen LogP contribution is -2.51. The van der Waals surface area contributed by atoms with Gasteiger partial charge in [0.15, 0.2) is 0 Å². The summed E-state index contributed by atoms with van der Waals surface area (Å²) in [5, 5.41) is 3.26. The molecule has 1 atom stereocenters. The van der Waals surface area contributed by atoms with Crippen LogP contribution in [-0.2, 0) is 0 Å². The average Bonchev–Trinajstić information content (AvgIpc) is 2.14. The number of nitrogens with two attached hydrogens (primary N) is 1. The van der Waals surface area contributed by atoms with E-state index in [4.69, 9.17) is 5.84 Å². The van der Waals surface area contributed by atoms with Gasteiger partial charge in [0.2, 0.25) is 5.96 Å². The number of hydrogen-bond acceptors (Lipinski definition) is 3. The van der Waals surface area contributed by atoms with Crippen LogP contribution in [0.1, 0.15) is 12.8 Å². The lowest BCUT2D eigenvalue weighted by Gasteiger charge is -2.30. The highest BCUT2D eigenvalue weighted by Crippen LogP contribution is 2.07. The van der Waals surface area contributed by atoms with Crippen LogP contribution in [0.15, 0.2) is 4.99 Å². The highest BCUT2D eigenvalue weighted by molar-refractivity contribution is 5.79. The monoisotopic (exact) mass is 185 g/mol. The highest BCUT2D eigenvalue weighted by Gasteiger charge is 2.17. The zero-order valence-electron chi connectivity index (χ0n) is 8.38. The molecule has 1 fully saturated rings. The zero-order valence-corrected chi connectivity index (χ0v) is 8.38. The Kier molecular flexibility index (Phi) is 3.98. The number of piperidine rings is 1. The standard InChI is InChI=1S/C8H19N5/c1-10-8(12-9)11-7-4-3-5-13(2)6-7/h7H,3-6,9H2,1-2H3,(H2,10,11,12). The van der Waals surface area contributed by atoms with Gasteiger partial charge in [-0.15, -0.1) is 0 Å². The fourth-order valence-electron chi connectivity index (χ4n) is 1.65. The van der Waals surface area contributed by atoms with Gasteiger partial charge in [-0.3, -0.25) is 10.4 Å². The first-order chi connectivity index (χ1) is 6.26. The zero-order chi connectivity index (χ0) is 9.68.